The van der Waals surface area contributed by atoms with Gasteiger partial charge in [0.25, 0.3) is 0 Å². The van der Waals surface area contributed by atoms with Crippen molar-refractivity contribution in [3.8, 4) is 0 Å². The van der Waals surface area contributed by atoms with Crippen LogP contribution < -0.4 is 16.6 Å². The molecule has 0 spiro atoms. The smallest absolute Gasteiger partial charge is 0.227 e. The maximum atomic E-state index is 5.55. The first kappa shape index (κ1) is 23.9. The van der Waals surface area contributed by atoms with Gasteiger partial charge in [-0.3, -0.25) is 10.7 Å². The van der Waals surface area contributed by atoms with Crippen molar-refractivity contribution in [2.45, 2.75) is 64.7 Å². The molecular weight excluding hydrogens is 458 g/mol. The Hall–Kier alpha value is -3.42. The van der Waals surface area contributed by atoms with Crippen molar-refractivity contribution in [2.75, 3.05) is 17.3 Å². The summed E-state index contributed by atoms with van der Waals surface area (Å²) in [6.07, 6.45) is 6.99. The van der Waals surface area contributed by atoms with Gasteiger partial charge in [0.1, 0.15) is 0 Å². The summed E-state index contributed by atoms with van der Waals surface area (Å²) in [6.45, 7) is 11.7. The second-order valence-corrected chi connectivity index (χ2v) is 11.1. The van der Waals surface area contributed by atoms with Crippen LogP contribution in [0.25, 0.3) is 5.70 Å². The van der Waals surface area contributed by atoms with Crippen molar-refractivity contribution >= 4 is 23.0 Å². The van der Waals surface area contributed by atoms with E-state index in [0.29, 0.717) is 23.9 Å². The van der Waals surface area contributed by atoms with E-state index in [2.05, 4.69) is 76.3 Å². The van der Waals surface area contributed by atoms with Gasteiger partial charge in [-0.2, -0.15) is 0 Å². The molecule has 7 heteroatoms. The first-order valence-electron chi connectivity index (χ1n) is 13.4. The van der Waals surface area contributed by atoms with Crippen molar-refractivity contribution in [3.05, 3.63) is 83.2 Å². The third-order valence-corrected chi connectivity index (χ3v) is 8.36. The Morgan fingerprint density at radius 1 is 0.973 bits per heavy atom. The number of hydrogen-bond donors (Lipinski definition) is 3. The predicted octanol–water partition coefficient (Wildman–Crippen LogP) is 5.35. The van der Waals surface area contributed by atoms with Gasteiger partial charge in [0.05, 0.1) is 5.69 Å². The van der Waals surface area contributed by atoms with Gasteiger partial charge < -0.3 is 15.6 Å². The Kier molecular flexibility index (Phi) is 6.34. The van der Waals surface area contributed by atoms with E-state index in [9.17, 15) is 0 Å². The summed E-state index contributed by atoms with van der Waals surface area (Å²) in [7, 11) is 0. The molecule has 3 atom stereocenters. The Labute approximate surface area is 219 Å². The summed E-state index contributed by atoms with van der Waals surface area (Å²) in [5, 5.41) is 3.42. The fraction of sp³-hybridized carbons (Fsp3) is 0.400. The zero-order valence-corrected chi connectivity index (χ0v) is 21.9. The van der Waals surface area contributed by atoms with Gasteiger partial charge in [0.2, 0.25) is 5.95 Å². The van der Waals surface area contributed by atoms with Crippen LogP contribution in [0.3, 0.4) is 0 Å². The summed E-state index contributed by atoms with van der Waals surface area (Å²) in [5.41, 5.74) is 11.9. The molecule has 2 bridgehead atoms. The van der Waals surface area contributed by atoms with Crippen LogP contribution in [0.4, 0.5) is 17.3 Å². The van der Waals surface area contributed by atoms with E-state index >= 15 is 0 Å². The number of hydrazine groups is 1. The average molecular weight is 496 g/mol. The number of nitrogens with two attached hydrogens (primary N) is 1. The highest BCUT2D eigenvalue weighted by Gasteiger charge is 2.40. The lowest BCUT2D eigenvalue weighted by Crippen LogP contribution is -2.40. The number of nitrogens with zero attached hydrogens (tertiary/aromatic N) is 4. The van der Waals surface area contributed by atoms with Crippen molar-refractivity contribution < 1.29 is 0 Å². The SMILES string of the molecule is C=C(c1ccc(NN)cc1)N1CC2CCC1CC(N1Cc3cnc(Nc4cc(C)cc(C)c4)nc3C1)C2. The number of benzene rings is 2. The summed E-state index contributed by atoms with van der Waals surface area (Å²) < 4.78 is 0. The Morgan fingerprint density at radius 2 is 1.76 bits per heavy atom. The molecule has 4 N–H and O–H groups in total. The molecule has 192 valence electrons. The number of fused-ring (bicyclic) bond motifs is 5. The highest BCUT2D eigenvalue weighted by atomic mass is 15.2. The minimum absolute atomic E-state index is 0.528. The van der Waals surface area contributed by atoms with Gasteiger partial charge in [0, 0.05) is 60.6 Å². The van der Waals surface area contributed by atoms with E-state index in [1.165, 1.54) is 47.9 Å². The van der Waals surface area contributed by atoms with Crippen LogP contribution in [0, 0.1) is 19.8 Å². The quantitative estimate of drug-likeness (QED) is 0.314. The van der Waals surface area contributed by atoms with Gasteiger partial charge >= 0.3 is 0 Å². The summed E-state index contributed by atoms with van der Waals surface area (Å²) >= 11 is 0. The second kappa shape index (κ2) is 9.80. The van der Waals surface area contributed by atoms with Gasteiger partial charge in [-0.25, -0.2) is 9.97 Å². The van der Waals surface area contributed by atoms with Crippen LogP contribution in [-0.4, -0.2) is 38.4 Å². The van der Waals surface area contributed by atoms with Crippen LogP contribution in [0.2, 0.25) is 0 Å². The fourth-order valence-corrected chi connectivity index (χ4v) is 6.56. The number of anilines is 3. The number of nitrogen functional groups attached to an aromatic ring is 1. The van der Waals surface area contributed by atoms with Crippen LogP contribution >= 0.6 is 0 Å². The predicted molar refractivity (Wildman–Crippen MR) is 150 cm³/mol. The standard InChI is InChI=1S/C30H37N7/c1-19-10-20(2)12-26(11-19)33-30-32-15-24-17-36(18-29(24)34-30)28-13-22-4-9-27(14-28)37(16-22)21(3)23-5-7-25(35-31)8-6-23/h5-8,10-12,15,22,27-28,35H,3-4,9,13-14,16-18,31H2,1-2H3,(H,32,33,34). The van der Waals surface area contributed by atoms with Crippen LogP contribution in [0.1, 0.15) is 53.6 Å². The molecule has 1 aromatic heterocycles. The first-order valence-corrected chi connectivity index (χ1v) is 13.4. The lowest BCUT2D eigenvalue weighted by atomic mass is 9.93. The van der Waals surface area contributed by atoms with E-state index in [1.807, 2.05) is 18.3 Å². The minimum atomic E-state index is 0.528. The molecule has 3 aromatic rings. The molecule has 3 aliphatic heterocycles. The van der Waals surface area contributed by atoms with E-state index in [-0.39, 0.29) is 0 Å². The lowest BCUT2D eigenvalue weighted by molar-refractivity contribution is 0.166. The summed E-state index contributed by atoms with van der Waals surface area (Å²) in [5.74, 6) is 6.93. The molecule has 3 unspecified atom stereocenters. The largest absolute Gasteiger partial charge is 0.368 e. The maximum absolute atomic E-state index is 5.55. The summed E-state index contributed by atoms with van der Waals surface area (Å²) in [4.78, 5) is 14.8. The first-order chi connectivity index (χ1) is 17.9. The maximum Gasteiger partial charge on any atom is 0.227 e. The minimum Gasteiger partial charge on any atom is -0.368 e. The molecule has 7 rings (SSSR count). The molecule has 0 radical (unpaired) electrons. The molecule has 37 heavy (non-hydrogen) atoms. The third kappa shape index (κ3) is 4.93. The van der Waals surface area contributed by atoms with Crippen molar-refractivity contribution in [1.29, 1.82) is 0 Å². The third-order valence-electron chi connectivity index (χ3n) is 8.36. The van der Waals surface area contributed by atoms with E-state index in [0.717, 1.165) is 42.4 Å². The number of nitrogens with one attached hydrogen (secondary N) is 2. The monoisotopic (exact) mass is 495 g/mol. The molecular formula is C30H37N7. The molecule has 2 saturated heterocycles. The Bertz CT molecular complexity index is 1280. The van der Waals surface area contributed by atoms with Gasteiger partial charge in [-0.1, -0.05) is 24.8 Å². The van der Waals surface area contributed by atoms with Crippen molar-refractivity contribution in [2.24, 2.45) is 11.8 Å². The molecule has 0 amide bonds. The summed E-state index contributed by atoms with van der Waals surface area (Å²) in [6, 6.07) is 15.8. The van der Waals surface area contributed by atoms with Crippen molar-refractivity contribution in [1.82, 2.24) is 19.8 Å². The average Bonchev–Trinajstić information content (AvgIpc) is 3.09. The normalized spacial score (nSPS) is 23.0. The number of piperidine rings is 1. The zero-order chi connectivity index (χ0) is 25.5. The second-order valence-electron chi connectivity index (χ2n) is 11.1. The molecule has 4 aliphatic rings. The molecule has 4 heterocycles. The van der Waals surface area contributed by atoms with Crippen LogP contribution in [0.15, 0.2) is 55.2 Å². The number of aromatic nitrogens is 2. The van der Waals surface area contributed by atoms with E-state index in [1.54, 1.807) is 0 Å². The van der Waals surface area contributed by atoms with Crippen LogP contribution in [-0.2, 0) is 13.1 Å². The Morgan fingerprint density at radius 3 is 2.51 bits per heavy atom. The zero-order valence-electron chi connectivity index (χ0n) is 21.9. The number of aryl methyl sites for hydroxylation is 2. The number of rotatable bonds is 6. The molecule has 1 aliphatic carbocycles. The van der Waals surface area contributed by atoms with Crippen molar-refractivity contribution in [3.63, 3.8) is 0 Å². The van der Waals surface area contributed by atoms with Gasteiger partial charge in [-0.15, -0.1) is 0 Å². The highest BCUT2D eigenvalue weighted by molar-refractivity contribution is 5.64. The lowest BCUT2D eigenvalue weighted by Gasteiger charge is -2.40. The van der Waals surface area contributed by atoms with Gasteiger partial charge in [0.15, 0.2) is 0 Å². The van der Waals surface area contributed by atoms with E-state index in [4.69, 9.17) is 10.8 Å². The van der Waals surface area contributed by atoms with Crippen LogP contribution in [0.5, 0.6) is 0 Å². The fourth-order valence-electron chi connectivity index (χ4n) is 6.56. The molecule has 7 nitrogen and oxygen atoms in total. The van der Waals surface area contributed by atoms with Gasteiger partial charge in [-0.05, 0) is 86.4 Å². The topological polar surface area (TPSA) is 82.3 Å². The molecule has 3 fully saturated rings. The highest BCUT2D eigenvalue weighted by Crippen LogP contribution is 2.40. The number of hydrogen-bond acceptors (Lipinski definition) is 7. The molecule has 1 saturated carbocycles. The van der Waals surface area contributed by atoms with E-state index < -0.39 is 0 Å². The molecule has 2 aromatic carbocycles. The Balaban J connectivity index is 1.14.